The van der Waals surface area contributed by atoms with Gasteiger partial charge in [0, 0.05) is 17.1 Å². The smallest absolute Gasteiger partial charge is 0.0638 e. The SMILES string of the molecule is CCC(C)=Nc1ccc(Nc2ccc(N=C3C=CC(=Nc4ccc(C(C)(C)CC)cc4)C=C3)cc2)cc1. The van der Waals surface area contributed by atoms with Crippen molar-refractivity contribution in [2.75, 3.05) is 5.32 Å². The summed E-state index contributed by atoms with van der Waals surface area (Å²) in [5.74, 6) is 0. The molecular weight excluding hydrogens is 452 g/mol. The largest absolute Gasteiger partial charge is 0.356 e. The van der Waals surface area contributed by atoms with E-state index in [0.29, 0.717) is 0 Å². The maximum atomic E-state index is 4.76. The molecule has 4 heteroatoms. The Kier molecular flexibility index (Phi) is 8.29. The van der Waals surface area contributed by atoms with Crippen LogP contribution < -0.4 is 5.32 Å². The van der Waals surface area contributed by atoms with E-state index in [0.717, 1.165) is 58.4 Å². The first-order valence-electron chi connectivity index (χ1n) is 13.0. The minimum Gasteiger partial charge on any atom is -0.356 e. The fourth-order valence-corrected chi connectivity index (χ4v) is 3.80. The molecule has 1 N–H and O–H groups in total. The van der Waals surface area contributed by atoms with E-state index < -0.39 is 0 Å². The van der Waals surface area contributed by atoms with Gasteiger partial charge in [0.25, 0.3) is 0 Å². The minimum absolute atomic E-state index is 0.185. The average molecular weight is 489 g/mol. The van der Waals surface area contributed by atoms with Gasteiger partial charge in [-0.15, -0.1) is 0 Å². The molecule has 188 valence electrons. The molecule has 1 aliphatic rings. The van der Waals surface area contributed by atoms with Crippen LogP contribution in [-0.4, -0.2) is 17.1 Å². The molecular formula is C33H36N4. The monoisotopic (exact) mass is 488 g/mol. The number of rotatable bonds is 8. The topological polar surface area (TPSA) is 49.1 Å². The first kappa shape index (κ1) is 26.0. The maximum absolute atomic E-state index is 4.76. The number of nitrogens with one attached hydrogen (secondary N) is 1. The summed E-state index contributed by atoms with van der Waals surface area (Å²) in [7, 11) is 0. The Balaban J connectivity index is 1.36. The quantitative estimate of drug-likeness (QED) is 0.249. The molecule has 3 aromatic rings. The van der Waals surface area contributed by atoms with Gasteiger partial charge in [0.2, 0.25) is 0 Å². The van der Waals surface area contributed by atoms with Crippen molar-refractivity contribution < 1.29 is 0 Å². The van der Waals surface area contributed by atoms with Gasteiger partial charge in [-0.3, -0.25) is 4.99 Å². The lowest BCUT2D eigenvalue weighted by Crippen LogP contribution is -2.14. The van der Waals surface area contributed by atoms with Crippen molar-refractivity contribution in [1.29, 1.82) is 0 Å². The molecule has 0 aromatic heterocycles. The Labute approximate surface area is 221 Å². The summed E-state index contributed by atoms with van der Waals surface area (Å²) in [6, 6.07) is 24.8. The fourth-order valence-electron chi connectivity index (χ4n) is 3.80. The molecule has 4 nitrogen and oxygen atoms in total. The Bertz CT molecular complexity index is 1330. The predicted octanol–water partition coefficient (Wildman–Crippen LogP) is 9.59. The zero-order valence-electron chi connectivity index (χ0n) is 22.5. The van der Waals surface area contributed by atoms with Gasteiger partial charge in [-0.05, 0) is 116 Å². The second kappa shape index (κ2) is 11.8. The maximum Gasteiger partial charge on any atom is 0.0638 e. The number of nitrogens with zero attached hydrogens (tertiary/aromatic N) is 3. The van der Waals surface area contributed by atoms with E-state index in [-0.39, 0.29) is 5.41 Å². The average Bonchev–Trinajstić information content (AvgIpc) is 2.92. The van der Waals surface area contributed by atoms with Crippen LogP contribution in [0.25, 0.3) is 0 Å². The third-order valence-corrected chi connectivity index (χ3v) is 6.75. The van der Waals surface area contributed by atoms with Crippen LogP contribution in [0.2, 0.25) is 0 Å². The Morgan fingerprint density at radius 2 is 1.08 bits per heavy atom. The third-order valence-electron chi connectivity index (χ3n) is 6.75. The van der Waals surface area contributed by atoms with Gasteiger partial charge in [-0.2, -0.15) is 0 Å². The summed E-state index contributed by atoms with van der Waals surface area (Å²) in [5.41, 5.74) is 9.37. The summed E-state index contributed by atoms with van der Waals surface area (Å²) in [6.45, 7) is 10.9. The summed E-state index contributed by atoms with van der Waals surface area (Å²) in [5, 5.41) is 3.43. The molecule has 1 aliphatic carbocycles. The number of hydrogen-bond acceptors (Lipinski definition) is 4. The van der Waals surface area contributed by atoms with Crippen LogP contribution in [0.15, 0.2) is 112 Å². The van der Waals surface area contributed by atoms with Crippen LogP contribution in [0.5, 0.6) is 0 Å². The van der Waals surface area contributed by atoms with Crippen LogP contribution in [0, 0.1) is 0 Å². The lowest BCUT2D eigenvalue weighted by molar-refractivity contribution is 0.506. The normalized spacial score (nSPS) is 13.6. The van der Waals surface area contributed by atoms with E-state index in [1.54, 1.807) is 0 Å². The Morgan fingerprint density at radius 3 is 1.51 bits per heavy atom. The molecule has 0 saturated heterocycles. The number of allylic oxidation sites excluding steroid dienone is 4. The summed E-state index contributed by atoms with van der Waals surface area (Å²) in [6.07, 6.45) is 10.1. The van der Waals surface area contributed by atoms with Crippen LogP contribution >= 0.6 is 0 Å². The third kappa shape index (κ3) is 7.23. The van der Waals surface area contributed by atoms with Crippen molar-refractivity contribution in [3.8, 4) is 0 Å². The van der Waals surface area contributed by atoms with E-state index in [1.165, 1.54) is 5.56 Å². The summed E-state index contributed by atoms with van der Waals surface area (Å²) in [4.78, 5) is 14.1. The second-order valence-corrected chi connectivity index (χ2v) is 9.94. The first-order valence-corrected chi connectivity index (χ1v) is 13.0. The highest BCUT2D eigenvalue weighted by molar-refractivity contribution is 6.19. The molecule has 0 saturated carbocycles. The van der Waals surface area contributed by atoms with Crippen molar-refractivity contribution in [2.45, 2.75) is 52.9 Å². The van der Waals surface area contributed by atoms with E-state index in [4.69, 9.17) is 9.98 Å². The van der Waals surface area contributed by atoms with Gasteiger partial charge in [0.1, 0.15) is 0 Å². The lowest BCUT2D eigenvalue weighted by Gasteiger charge is -2.23. The van der Waals surface area contributed by atoms with E-state index in [1.807, 2.05) is 72.8 Å². The van der Waals surface area contributed by atoms with Gasteiger partial charge < -0.3 is 5.32 Å². The highest BCUT2D eigenvalue weighted by atomic mass is 14.9. The van der Waals surface area contributed by atoms with Crippen LogP contribution in [0.1, 0.15) is 53.0 Å². The molecule has 0 radical (unpaired) electrons. The minimum atomic E-state index is 0.185. The van der Waals surface area contributed by atoms with Gasteiger partial charge in [-0.25, -0.2) is 9.98 Å². The van der Waals surface area contributed by atoms with Crippen molar-refractivity contribution in [2.24, 2.45) is 15.0 Å². The van der Waals surface area contributed by atoms with E-state index in [2.05, 4.69) is 69.2 Å². The molecule has 3 aromatic carbocycles. The number of benzene rings is 3. The van der Waals surface area contributed by atoms with E-state index in [9.17, 15) is 0 Å². The molecule has 0 unspecified atom stereocenters. The molecule has 0 aliphatic heterocycles. The van der Waals surface area contributed by atoms with Crippen LogP contribution in [0.3, 0.4) is 0 Å². The molecule has 0 spiro atoms. The second-order valence-electron chi connectivity index (χ2n) is 9.94. The van der Waals surface area contributed by atoms with Crippen LogP contribution in [0.4, 0.5) is 28.4 Å². The lowest BCUT2D eigenvalue weighted by atomic mass is 9.82. The standard InChI is InChI=1S/C33H36N4/c1-6-24(3)34-26-12-14-28(15-13-26)36-30-20-22-32(23-21-30)37-31-18-16-29(17-19-31)35-27-10-8-25(9-11-27)33(4,5)7-2/h8-23,36H,6-7H2,1-5H3. The fraction of sp³-hybridized carbons (Fsp3) is 0.242. The molecule has 37 heavy (non-hydrogen) atoms. The van der Waals surface area contributed by atoms with Crippen molar-refractivity contribution in [1.82, 2.24) is 0 Å². The summed E-state index contributed by atoms with van der Waals surface area (Å²) >= 11 is 0. The Morgan fingerprint density at radius 1 is 0.649 bits per heavy atom. The molecule has 0 amide bonds. The predicted molar refractivity (Wildman–Crippen MR) is 161 cm³/mol. The van der Waals surface area contributed by atoms with Crippen molar-refractivity contribution >= 4 is 45.6 Å². The molecule has 4 rings (SSSR count). The number of aliphatic imine (C=N–C) groups is 3. The van der Waals surface area contributed by atoms with Gasteiger partial charge in [-0.1, -0.05) is 39.8 Å². The van der Waals surface area contributed by atoms with E-state index >= 15 is 0 Å². The van der Waals surface area contributed by atoms with Crippen molar-refractivity contribution in [3.63, 3.8) is 0 Å². The first-order chi connectivity index (χ1) is 17.8. The van der Waals surface area contributed by atoms with Gasteiger partial charge >= 0.3 is 0 Å². The van der Waals surface area contributed by atoms with Gasteiger partial charge in [0.15, 0.2) is 0 Å². The molecule has 0 atom stereocenters. The van der Waals surface area contributed by atoms with Crippen molar-refractivity contribution in [3.05, 3.63) is 103 Å². The highest BCUT2D eigenvalue weighted by Crippen LogP contribution is 2.28. The van der Waals surface area contributed by atoms with Crippen LogP contribution in [-0.2, 0) is 5.41 Å². The zero-order valence-corrected chi connectivity index (χ0v) is 22.5. The molecule has 0 fully saturated rings. The highest BCUT2D eigenvalue weighted by Gasteiger charge is 2.17. The zero-order chi connectivity index (χ0) is 26.3. The summed E-state index contributed by atoms with van der Waals surface area (Å²) < 4.78 is 0. The molecule has 0 bridgehead atoms. The Hall–Kier alpha value is -4.05. The number of anilines is 2. The number of hydrogen-bond donors (Lipinski definition) is 1. The molecule has 0 heterocycles. The van der Waals surface area contributed by atoms with Gasteiger partial charge in [0.05, 0.1) is 28.5 Å².